The van der Waals surface area contributed by atoms with Crippen LogP contribution in [0.1, 0.15) is 35.3 Å². The van der Waals surface area contributed by atoms with Crippen LogP contribution in [0.25, 0.3) is 0 Å². The monoisotopic (exact) mass is 288 g/mol. The molecule has 1 aromatic carbocycles. The van der Waals surface area contributed by atoms with Crippen molar-refractivity contribution >= 4 is 18.0 Å². The highest BCUT2D eigenvalue weighted by Crippen LogP contribution is 2.25. The van der Waals surface area contributed by atoms with E-state index in [1.807, 2.05) is 38.8 Å². The van der Waals surface area contributed by atoms with Crippen LogP contribution in [0, 0.1) is 13.8 Å². The van der Waals surface area contributed by atoms with Gasteiger partial charge in [0, 0.05) is 13.6 Å². The number of carbonyl (C=O) groups excluding carboxylic acids is 1. The maximum atomic E-state index is 12.0. The molecular weight excluding hydrogens is 264 g/mol. The average molecular weight is 288 g/mol. The van der Waals surface area contributed by atoms with E-state index in [1.54, 1.807) is 12.4 Å². The summed E-state index contributed by atoms with van der Waals surface area (Å²) in [5, 5.41) is 0. The molecule has 0 radical (unpaired) electrons. The van der Waals surface area contributed by atoms with Gasteiger partial charge in [-0.25, -0.2) is 9.79 Å². The number of aliphatic imine (C=N–C) groups is 1. The molecule has 0 aromatic heterocycles. The summed E-state index contributed by atoms with van der Waals surface area (Å²) in [7, 11) is 1.97. The Bertz CT molecular complexity index is 562. The molecule has 0 amide bonds. The summed E-state index contributed by atoms with van der Waals surface area (Å²) in [6.07, 6.45) is 1.79. The van der Waals surface area contributed by atoms with E-state index in [0.29, 0.717) is 5.56 Å². The lowest BCUT2D eigenvalue weighted by molar-refractivity contribution is 0.0539. The molecule has 0 saturated carbocycles. The highest BCUT2D eigenvalue weighted by Gasteiger charge is 2.13. The van der Waals surface area contributed by atoms with Crippen molar-refractivity contribution in [2.24, 2.45) is 4.99 Å². The molecule has 0 aliphatic rings. The minimum atomic E-state index is -0.320. The molecule has 0 atom stereocenters. The first kappa shape index (κ1) is 17.0. The van der Waals surface area contributed by atoms with Crippen LogP contribution in [0.5, 0.6) is 0 Å². The summed E-state index contributed by atoms with van der Waals surface area (Å²) in [6, 6.07) is 3.61. The van der Waals surface area contributed by atoms with E-state index in [9.17, 15) is 4.79 Å². The molecule has 0 heterocycles. The van der Waals surface area contributed by atoms with Gasteiger partial charge in [-0.1, -0.05) is 6.58 Å². The van der Waals surface area contributed by atoms with Gasteiger partial charge >= 0.3 is 5.97 Å². The molecule has 0 aliphatic carbocycles. The molecule has 21 heavy (non-hydrogen) atoms. The van der Waals surface area contributed by atoms with Crippen LogP contribution < -0.4 is 0 Å². The van der Waals surface area contributed by atoms with E-state index in [2.05, 4.69) is 18.5 Å². The first-order valence-electron chi connectivity index (χ1n) is 7.03. The van der Waals surface area contributed by atoms with E-state index in [-0.39, 0.29) is 12.6 Å². The second-order valence-corrected chi connectivity index (χ2v) is 5.23. The van der Waals surface area contributed by atoms with Crippen LogP contribution in [0.2, 0.25) is 0 Å². The van der Waals surface area contributed by atoms with Gasteiger partial charge in [-0.2, -0.15) is 0 Å². The summed E-state index contributed by atoms with van der Waals surface area (Å²) in [5.74, 6) is -0.320. The van der Waals surface area contributed by atoms with Crippen molar-refractivity contribution in [1.29, 1.82) is 0 Å². The van der Waals surface area contributed by atoms with Gasteiger partial charge in [0.25, 0.3) is 0 Å². The Morgan fingerprint density at radius 1 is 1.38 bits per heavy atom. The second kappa shape index (κ2) is 7.62. The summed E-state index contributed by atoms with van der Waals surface area (Å²) in [6.45, 7) is 12.6. The van der Waals surface area contributed by atoms with Crippen LogP contribution >= 0.6 is 0 Å². The molecule has 1 rings (SSSR count). The van der Waals surface area contributed by atoms with Crippen LogP contribution in [0.4, 0.5) is 5.69 Å². The summed E-state index contributed by atoms with van der Waals surface area (Å²) < 4.78 is 5.20. The first-order chi connectivity index (χ1) is 9.86. The molecule has 0 aliphatic heterocycles. The Balaban J connectivity index is 2.97. The van der Waals surface area contributed by atoms with E-state index in [4.69, 9.17) is 4.74 Å². The summed E-state index contributed by atoms with van der Waals surface area (Å²) >= 11 is 0. The quantitative estimate of drug-likeness (QED) is 0.347. The van der Waals surface area contributed by atoms with Gasteiger partial charge in [0.15, 0.2) is 0 Å². The lowest BCUT2D eigenvalue weighted by atomic mass is 10.0. The Morgan fingerprint density at radius 2 is 2.05 bits per heavy atom. The second-order valence-electron chi connectivity index (χ2n) is 5.23. The molecule has 114 valence electrons. The Kier molecular flexibility index (Phi) is 6.15. The van der Waals surface area contributed by atoms with Crippen LogP contribution in [-0.4, -0.2) is 37.4 Å². The number of rotatable bonds is 6. The standard InChI is InChI=1S/C17H24N2O2/c1-7-19(6)11-18-16-9-8-15(13(4)14(16)5)17(20)21-10-12(2)3/h8-9,11H,2,7,10H2,1,3-6H3/b18-11+. The molecule has 0 N–H and O–H groups in total. The normalized spacial score (nSPS) is 10.7. The van der Waals surface area contributed by atoms with Crippen LogP contribution in [-0.2, 0) is 4.74 Å². The molecule has 4 heteroatoms. The largest absolute Gasteiger partial charge is 0.458 e. The fourth-order valence-corrected chi connectivity index (χ4v) is 1.68. The van der Waals surface area contributed by atoms with Gasteiger partial charge in [-0.15, -0.1) is 0 Å². The zero-order valence-electron chi connectivity index (χ0n) is 13.6. The SMILES string of the molecule is C=C(C)COC(=O)c1ccc(/N=C/N(C)CC)c(C)c1C. The van der Waals surface area contributed by atoms with Gasteiger partial charge in [0.05, 0.1) is 17.6 Å². The number of ether oxygens (including phenoxy) is 1. The van der Waals surface area contributed by atoms with Crippen molar-refractivity contribution < 1.29 is 9.53 Å². The van der Waals surface area contributed by atoms with Crippen LogP contribution in [0.3, 0.4) is 0 Å². The molecule has 0 bridgehead atoms. The third kappa shape index (κ3) is 4.74. The van der Waals surface area contributed by atoms with E-state index in [0.717, 1.165) is 28.9 Å². The minimum Gasteiger partial charge on any atom is -0.458 e. The van der Waals surface area contributed by atoms with Gasteiger partial charge in [-0.3, -0.25) is 0 Å². The van der Waals surface area contributed by atoms with E-state index >= 15 is 0 Å². The molecule has 4 nitrogen and oxygen atoms in total. The first-order valence-corrected chi connectivity index (χ1v) is 7.03. The molecule has 0 fully saturated rings. The number of nitrogens with zero attached hydrogens (tertiary/aromatic N) is 2. The molecule has 0 unspecified atom stereocenters. The van der Waals surface area contributed by atoms with Crippen molar-refractivity contribution in [3.8, 4) is 0 Å². The highest BCUT2D eigenvalue weighted by atomic mass is 16.5. The number of hydrogen-bond donors (Lipinski definition) is 0. The van der Waals surface area contributed by atoms with Gasteiger partial charge in [0.2, 0.25) is 0 Å². The fraction of sp³-hybridized carbons (Fsp3) is 0.412. The number of benzene rings is 1. The number of carbonyl (C=O) groups is 1. The summed E-state index contributed by atoms with van der Waals surface area (Å²) in [5.41, 5.74) is 4.15. The lowest BCUT2D eigenvalue weighted by Crippen LogP contribution is -2.14. The number of esters is 1. The molecular formula is C17H24N2O2. The van der Waals surface area contributed by atoms with Crippen molar-refractivity contribution in [3.63, 3.8) is 0 Å². The van der Waals surface area contributed by atoms with Gasteiger partial charge in [-0.05, 0) is 56.5 Å². The van der Waals surface area contributed by atoms with Crippen LogP contribution in [0.15, 0.2) is 29.3 Å². The average Bonchev–Trinajstić information content (AvgIpc) is 2.45. The Morgan fingerprint density at radius 3 is 2.62 bits per heavy atom. The molecule has 1 aromatic rings. The summed E-state index contributed by atoms with van der Waals surface area (Å²) in [4.78, 5) is 18.5. The lowest BCUT2D eigenvalue weighted by Gasteiger charge is -2.12. The van der Waals surface area contributed by atoms with Crippen molar-refractivity contribution in [2.75, 3.05) is 20.2 Å². The topological polar surface area (TPSA) is 41.9 Å². The van der Waals surface area contributed by atoms with Gasteiger partial charge in [0.1, 0.15) is 6.61 Å². The Hall–Kier alpha value is -2.10. The van der Waals surface area contributed by atoms with E-state index < -0.39 is 0 Å². The molecule has 0 spiro atoms. The Labute approximate surface area is 127 Å². The predicted molar refractivity (Wildman–Crippen MR) is 87.5 cm³/mol. The zero-order valence-corrected chi connectivity index (χ0v) is 13.6. The fourth-order valence-electron chi connectivity index (χ4n) is 1.68. The van der Waals surface area contributed by atoms with Gasteiger partial charge < -0.3 is 9.64 Å². The van der Waals surface area contributed by atoms with Crippen molar-refractivity contribution in [2.45, 2.75) is 27.7 Å². The maximum absolute atomic E-state index is 12.0. The van der Waals surface area contributed by atoms with Crippen molar-refractivity contribution in [3.05, 3.63) is 41.0 Å². The minimum absolute atomic E-state index is 0.249. The maximum Gasteiger partial charge on any atom is 0.338 e. The third-order valence-corrected chi connectivity index (χ3v) is 3.32. The smallest absolute Gasteiger partial charge is 0.338 e. The predicted octanol–water partition coefficient (Wildman–Crippen LogP) is 3.65. The third-order valence-electron chi connectivity index (χ3n) is 3.32. The highest BCUT2D eigenvalue weighted by molar-refractivity contribution is 5.92. The van der Waals surface area contributed by atoms with E-state index in [1.165, 1.54) is 0 Å². The zero-order chi connectivity index (χ0) is 16.0. The van der Waals surface area contributed by atoms with Crippen molar-refractivity contribution in [1.82, 2.24) is 4.90 Å². The number of hydrogen-bond acceptors (Lipinski definition) is 3. The molecule has 0 saturated heterocycles.